The number of nitrogens with one attached hydrogen (secondary N) is 1. The summed E-state index contributed by atoms with van der Waals surface area (Å²) in [6.07, 6.45) is 1.83. The zero-order valence-electron chi connectivity index (χ0n) is 10.1. The van der Waals surface area contributed by atoms with Crippen LogP contribution in [0.2, 0.25) is 0 Å². The highest BCUT2D eigenvalue weighted by Crippen LogP contribution is 2.17. The Balaban J connectivity index is 2.76. The first-order chi connectivity index (χ1) is 7.58. The fourth-order valence-corrected chi connectivity index (χ4v) is 1.51. The fraction of sp³-hybridized carbons (Fsp3) is 0.462. The van der Waals surface area contributed by atoms with Gasteiger partial charge in [0.2, 0.25) is 0 Å². The molecule has 0 atom stereocenters. The van der Waals surface area contributed by atoms with Crippen LogP contribution in [0.4, 0.5) is 0 Å². The van der Waals surface area contributed by atoms with Gasteiger partial charge in [0.1, 0.15) is 5.75 Å². The number of aryl methyl sites for hydroxylation is 1. The monoisotopic (exact) mass is 221 g/mol. The summed E-state index contributed by atoms with van der Waals surface area (Å²) in [5.74, 6) is 0.0428. The lowest BCUT2D eigenvalue weighted by Crippen LogP contribution is -2.33. The van der Waals surface area contributed by atoms with Gasteiger partial charge in [-0.25, -0.2) is 0 Å². The molecular weight excluding hydrogens is 202 g/mol. The first-order valence-electron chi connectivity index (χ1n) is 5.69. The van der Waals surface area contributed by atoms with Gasteiger partial charge in [0.25, 0.3) is 5.91 Å². The molecule has 1 aromatic carbocycles. The number of benzene rings is 1. The number of amides is 1. The number of carbonyl (C=O) groups is 1. The molecule has 0 aliphatic heterocycles. The Morgan fingerprint density at radius 2 is 2.00 bits per heavy atom. The molecule has 0 saturated heterocycles. The number of phenols is 1. The lowest BCUT2D eigenvalue weighted by Gasteiger charge is -2.14. The molecule has 0 saturated carbocycles. The molecule has 0 spiro atoms. The Kier molecular flexibility index (Phi) is 4.35. The molecule has 1 amide bonds. The zero-order chi connectivity index (χ0) is 12.1. The van der Waals surface area contributed by atoms with Crippen molar-refractivity contribution in [3.63, 3.8) is 0 Å². The lowest BCUT2D eigenvalue weighted by atomic mass is 10.1. The van der Waals surface area contributed by atoms with Crippen molar-refractivity contribution in [2.75, 3.05) is 0 Å². The van der Waals surface area contributed by atoms with Crippen LogP contribution in [0, 0.1) is 6.92 Å². The van der Waals surface area contributed by atoms with Gasteiger partial charge in [0.05, 0.1) is 0 Å². The maximum Gasteiger partial charge on any atom is 0.251 e. The molecule has 0 unspecified atom stereocenters. The molecule has 0 aromatic heterocycles. The first kappa shape index (κ1) is 12.6. The van der Waals surface area contributed by atoms with Gasteiger partial charge < -0.3 is 10.4 Å². The third-order valence-corrected chi connectivity index (χ3v) is 2.79. The number of rotatable bonds is 4. The van der Waals surface area contributed by atoms with E-state index < -0.39 is 0 Å². The van der Waals surface area contributed by atoms with Gasteiger partial charge in [-0.15, -0.1) is 0 Å². The molecule has 0 fully saturated rings. The molecule has 88 valence electrons. The summed E-state index contributed by atoms with van der Waals surface area (Å²) in [7, 11) is 0. The average molecular weight is 221 g/mol. The van der Waals surface area contributed by atoms with Crippen molar-refractivity contribution >= 4 is 5.91 Å². The van der Waals surface area contributed by atoms with E-state index in [1.807, 2.05) is 13.8 Å². The van der Waals surface area contributed by atoms with E-state index in [0.29, 0.717) is 5.56 Å². The summed E-state index contributed by atoms with van der Waals surface area (Å²) in [6, 6.07) is 5.19. The molecule has 3 heteroatoms. The van der Waals surface area contributed by atoms with Crippen molar-refractivity contribution in [1.29, 1.82) is 0 Å². The van der Waals surface area contributed by atoms with Gasteiger partial charge in [0, 0.05) is 11.6 Å². The van der Waals surface area contributed by atoms with Crippen molar-refractivity contribution in [3.8, 4) is 5.75 Å². The highest BCUT2D eigenvalue weighted by Gasteiger charge is 2.11. The van der Waals surface area contributed by atoms with Crippen LogP contribution in [0.15, 0.2) is 18.2 Å². The van der Waals surface area contributed by atoms with E-state index in [2.05, 4.69) is 5.32 Å². The van der Waals surface area contributed by atoms with E-state index in [1.165, 1.54) is 6.07 Å². The third-order valence-electron chi connectivity index (χ3n) is 2.79. The molecule has 1 aromatic rings. The molecule has 0 aliphatic rings. The number of phenolic OH excluding ortho intramolecular Hbond substituents is 1. The lowest BCUT2D eigenvalue weighted by molar-refractivity contribution is 0.0934. The van der Waals surface area contributed by atoms with Crippen LogP contribution in [0.1, 0.15) is 42.6 Å². The molecule has 16 heavy (non-hydrogen) atoms. The molecule has 3 nitrogen and oxygen atoms in total. The van der Waals surface area contributed by atoms with E-state index in [0.717, 1.165) is 18.4 Å². The minimum atomic E-state index is -0.121. The molecule has 0 bridgehead atoms. The van der Waals surface area contributed by atoms with Crippen LogP contribution >= 0.6 is 0 Å². The normalized spacial score (nSPS) is 10.5. The first-order valence-corrected chi connectivity index (χ1v) is 5.69. The van der Waals surface area contributed by atoms with Gasteiger partial charge >= 0.3 is 0 Å². The number of aromatic hydroxyl groups is 1. The zero-order valence-corrected chi connectivity index (χ0v) is 10.1. The largest absolute Gasteiger partial charge is 0.508 e. The number of hydrogen-bond donors (Lipinski definition) is 2. The van der Waals surface area contributed by atoms with Crippen LogP contribution < -0.4 is 5.32 Å². The molecular formula is C13H19NO2. The maximum absolute atomic E-state index is 11.8. The van der Waals surface area contributed by atoms with Crippen LogP contribution in [0.3, 0.4) is 0 Å². The van der Waals surface area contributed by atoms with E-state index in [9.17, 15) is 9.90 Å². The summed E-state index contributed by atoms with van der Waals surface area (Å²) in [4.78, 5) is 11.8. The highest BCUT2D eigenvalue weighted by atomic mass is 16.3. The van der Waals surface area contributed by atoms with Crippen molar-refractivity contribution in [2.45, 2.75) is 39.7 Å². The Hall–Kier alpha value is -1.51. The quantitative estimate of drug-likeness (QED) is 0.821. The SMILES string of the molecule is CCC(CC)NC(=O)c1ccc(C)c(O)c1. The number of carbonyl (C=O) groups excluding carboxylic acids is 1. The summed E-state index contributed by atoms with van der Waals surface area (Å²) in [5.41, 5.74) is 1.29. The van der Waals surface area contributed by atoms with Gasteiger partial charge in [-0.2, -0.15) is 0 Å². The highest BCUT2D eigenvalue weighted by molar-refractivity contribution is 5.94. The summed E-state index contributed by atoms with van der Waals surface area (Å²) < 4.78 is 0. The van der Waals surface area contributed by atoms with Crippen molar-refractivity contribution < 1.29 is 9.90 Å². The Morgan fingerprint density at radius 1 is 1.38 bits per heavy atom. The van der Waals surface area contributed by atoms with Gasteiger partial charge in [-0.05, 0) is 37.5 Å². The minimum absolute atomic E-state index is 0.121. The predicted octanol–water partition coefficient (Wildman–Crippen LogP) is 2.62. The van der Waals surface area contributed by atoms with Crippen LogP contribution in [-0.2, 0) is 0 Å². The third kappa shape index (κ3) is 2.99. The smallest absolute Gasteiger partial charge is 0.251 e. The predicted molar refractivity (Wildman–Crippen MR) is 64.7 cm³/mol. The van der Waals surface area contributed by atoms with Crippen molar-refractivity contribution in [2.24, 2.45) is 0 Å². The summed E-state index contributed by atoms with van der Waals surface area (Å²) in [6.45, 7) is 5.89. The number of hydrogen-bond acceptors (Lipinski definition) is 2. The van der Waals surface area contributed by atoms with Crippen molar-refractivity contribution in [1.82, 2.24) is 5.32 Å². The second kappa shape index (κ2) is 5.54. The van der Waals surface area contributed by atoms with Gasteiger partial charge in [0.15, 0.2) is 0 Å². The second-order valence-electron chi connectivity index (χ2n) is 3.99. The Morgan fingerprint density at radius 3 is 2.50 bits per heavy atom. The van der Waals surface area contributed by atoms with Crippen LogP contribution in [0.25, 0.3) is 0 Å². The Bertz CT molecular complexity index is 370. The van der Waals surface area contributed by atoms with E-state index in [4.69, 9.17) is 0 Å². The minimum Gasteiger partial charge on any atom is -0.508 e. The van der Waals surface area contributed by atoms with E-state index in [-0.39, 0.29) is 17.7 Å². The standard InChI is InChI=1S/C13H19NO2/c1-4-11(5-2)14-13(16)10-7-6-9(3)12(15)8-10/h6-8,11,15H,4-5H2,1-3H3,(H,14,16). The molecule has 0 radical (unpaired) electrons. The fourth-order valence-electron chi connectivity index (χ4n) is 1.51. The van der Waals surface area contributed by atoms with E-state index >= 15 is 0 Å². The van der Waals surface area contributed by atoms with Crippen molar-refractivity contribution in [3.05, 3.63) is 29.3 Å². The van der Waals surface area contributed by atoms with Gasteiger partial charge in [-0.3, -0.25) is 4.79 Å². The summed E-state index contributed by atoms with van der Waals surface area (Å²) in [5, 5.41) is 12.4. The molecule has 1 rings (SSSR count). The topological polar surface area (TPSA) is 49.3 Å². The average Bonchev–Trinajstić information content (AvgIpc) is 2.29. The van der Waals surface area contributed by atoms with Crippen LogP contribution in [-0.4, -0.2) is 17.1 Å². The second-order valence-corrected chi connectivity index (χ2v) is 3.99. The van der Waals surface area contributed by atoms with Gasteiger partial charge in [-0.1, -0.05) is 19.9 Å². The molecule has 0 aliphatic carbocycles. The molecule has 2 N–H and O–H groups in total. The molecule has 0 heterocycles. The summed E-state index contributed by atoms with van der Waals surface area (Å²) >= 11 is 0. The van der Waals surface area contributed by atoms with Crippen LogP contribution in [0.5, 0.6) is 5.75 Å². The van der Waals surface area contributed by atoms with E-state index in [1.54, 1.807) is 19.1 Å². The Labute approximate surface area is 96.5 Å². The maximum atomic E-state index is 11.8.